The van der Waals surface area contributed by atoms with Crippen molar-refractivity contribution in [2.24, 2.45) is 10.9 Å². The molecule has 3 N–H and O–H groups in total. The molecule has 110 valence electrons. The number of pyridine rings is 1. The van der Waals surface area contributed by atoms with E-state index in [-0.39, 0.29) is 5.84 Å². The molecule has 21 heavy (non-hydrogen) atoms. The number of aromatic nitrogens is 1. The Balaban J connectivity index is 2.21. The zero-order chi connectivity index (χ0) is 15.4. The molecular formula is C14H14Br2N4O. The summed E-state index contributed by atoms with van der Waals surface area (Å²) in [7, 11) is 1.96. The summed E-state index contributed by atoms with van der Waals surface area (Å²) in [4.78, 5) is 6.41. The van der Waals surface area contributed by atoms with Gasteiger partial charge in [0.2, 0.25) is 0 Å². The van der Waals surface area contributed by atoms with Crippen molar-refractivity contribution in [2.45, 2.75) is 6.54 Å². The Labute approximate surface area is 139 Å². The monoisotopic (exact) mass is 412 g/mol. The molecule has 0 spiro atoms. The first-order valence-electron chi connectivity index (χ1n) is 6.10. The van der Waals surface area contributed by atoms with Gasteiger partial charge in [-0.05, 0) is 49.6 Å². The fourth-order valence-corrected chi connectivity index (χ4v) is 3.21. The third-order valence-corrected chi connectivity index (χ3v) is 3.92. The Kier molecular flexibility index (Phi) is 5.19. The molecular weight excluding hydrogens is 400 g/mol. The number of amidine groups is 1. The Hall–Kier alpha value is -1.60. The van der Waals surface area contributed by atoms with Crippen LogP contribution in [0.3, 0.4) is 0 Å². The molecule has 1 aromatic heterocycles. The maximum Gasteiger partial charge on any atom is 0.170 e. The second-order valence-corrected chi connectivity index (χ2v) is 6.27. The SMILES string of the molecule is CN(Cc1cccc(/C(N)=N/O)c1)c1ncc(Br)cc1Br. The molecule has 2 aromatic rings. The zero-order valence-corrected chi connectivity index (χ0v) is 14.5. The van der Waals surface area contributed by atoms with E-state index in [1.54, 1.807) is 12.3 Å². The van der Waals surface area contributed by atoms with Crippen molar-refractivity contribution < 1.29 is 5.21 Å². The maximum atomic E-state index is 8.73. The fraction of sp³-hybridized carbons (Fsp3) is 0.143. The van der Waals surface area contributed by atoms with Crippen LogP contribution in [0.15, 0.2) is 50.6 Å². The molecule has 2 rings (SSSR count). The third-order valence-electron chi connectivity index (χ3n) is 2.90. The number of hydrogen-bond donors (Lipinski definition) is 2. The molecule has 0 aliphatic heterocycles. The van der Waals surface area contributed by atoms with E-state index in [0.29, 0.717) is 12.1 Å². The molecule has 0 saturated carbocycles. The van der Waals surface area contributed by atoms with Gasteiger partial charge < -0.3 is 15.8 Å². The molecule has 0 amide bonds. The number of anilines is 1. The zero-order valence-electron chi connectivity index (χ0n) is 11.3. The molecule has 0 aliphatic rings. The van der Waals surface area contributed by atoms with Gasteiger partial charge in [0.25, 0.3) is 0 Å². The Morgan fingerprint density at radius 3 is 2.81 bits per heavy atom. The summed E-state index contributed by atoms with van der Waals surface area (Å²) in [6.07, 6.45) is 1.75. The highest BCUT2D eigenvalue weighted by Crippen LogP contribution is 2.26. The lowest BCUT2D eigenvalue weighted by atomic mass is 10.1. The van der Waals surface area contributed by atoms with Gasteiger partial charge in [0.15, 0.2) is 5.84 Å². The minimum atomic E-state index is 0.0995. The lowest BCUT2D eigenvalue weighted by Crippen LogP contribution is -2.19. The van der Waals surface area contributed by atoms with Crippen molar-refractivity contribution in [3.8, 4) is 0 Å². The van der Waals surface area contributed by atoms with Crippen LogP contribution < -0.4 is 10.6 Å². The van der Waals surface area contributed by atoms with Gasteiger partial charge in [0, 0.05) is 29.8 Å². The van der Waals surface area contributed by atoms with Gasteiger partial charge in [-0.3, -0.25) is 0 Å². The molecule has 0 saturated heterocycles. The minimum Gasteiger partial charge on any atom is -0.409 e. The summed E-state index contributed by atoms with van der Waals surface area (Å²) in [5, 5.41) is 11.8. The number of hydrogen-bond acceptors (Lipinski definition) is 4. The number of halogens is 2. The Bertz CT molecular complexity index is 676. The van der Waals surface area contributed by atoms with Crippen molar-refractivity contribution in [1.82, 2.24) is 4.98 Å². The first-order valence-corrected chi connectivity index (χ1v) is 7.69. The van der Waals surface area contributed by atoms with Crippen LogP contribution >= 0.6 is 31.9 Å². The molecule has 0 atom stereocenters. The average molecular weight is 414 g/mol. The lowest BCUT2D eigenvalue weighted by Gasteiger charge is -2.20. The van der Waals surface area contributed by atoms with Crippen LogP contribution in [0.1, 0.15) is 11.1 Å². The lowest BCUT2D eigenvalue weighted by molar-refractivity contribution is 0.318. The topological polar surface area (TPSA) is 74.7 Å². The van der Waals surface area contributed by atoms with Gasteiger partial charge in [0.05, 0.1) is 4.47 Å². The van der Waals surface area contributed by atoms with Gasteiger partial charge in [0.1, 0.15) is 5.82 Å². The van der Waals surface area contributed by atoms with Crippen molar-refractivity contribution in [3.63, 3.8) is 0 Å². The van der Waals surface area contributed by atoms with E-state index in [9.17, 15) is 0 Å². The van der Waals surface area contributed by atoms with Crippen molar-refractivity contribution >= 4 is 43.5 Å². The molecule has 5 nitrogen and oxygen atoms in total. The van der Waals surface area contributed by atoms with Gasteiger partial charge in [-0.2, -0.15) is 0 Å². The highest BCUT2D eigenvalue weighted by atomic mass is 79.9. The molecule has 0 unspecified atom stereocenters. The summed E-state index contributed by atoms with van der Waals surface area (Å²) >= 11 is 6.89. The van der Waals surface area contributed by atoms with Crippen LogP contribution in [0.5, 0.6) is 0 Å². The molecule has 1 aromatic carbocycles. The molecule has 0 radical (unpaired) electrons. The van der Waals surface area contributed by atoms with E-state index in [1.807, 2.05) is 36.2 Å². The van der Waals surface area contributed by atoms with Crippen LogP contribution in [0.4, 0.5) is 5.82 Å². The van der Waals surface area contributed by atoms with Crippen LogP contribution in [-0.2, 0) is 6.54 Å². The molecule has 0 aliphatic carbocycles. The van der Waals surface area contributed by atoms with Gasteiger partial charge in [-0.25, -0.2) is 4.98 Å². The van der Waals surface area contributed by atoms with Gasteiger partial charge in [-0.15, -0.1) is 0 Å². The van der Waals surface area contributed by atoms with Gasteiger partial charge in [-0.1, -0.05) is 23.4 Å². The first-order chi connectivity index (χ1) is 10.0. The van der Waals surface area contributed by atoms with Crippen LogP contribution in [-0.4, -0.2) is 23.1 Å². The number of nitrogens with zero attached hydrogens (tertiary/aromatic N) is 3. The van der Waals surface area contributed by atoms with Gasteiger partial charge >= 0.3 is 0 Å². The smallest absolute Gasteiger partial charge is 0.170 e. The van der Waals surface area contributed by atoms with Crippen LogP contribution in [0.25, 0.3) is 0 Å². The largest absolute Gasteiger partial charge is 0.409 e. The summed E-state index contributed by atoms with van der Waals surface area (Å²) in [6, 6.07) is 9.49. The quantitative estimate of drug-likeness (QED) is 0.349. The summed E-state index contributed by atoms with van der Waals surface area (Å²) < 4.78 is 1.83. The predicted octanol–water partition coefficient (Wildman–Crippen LogP) is 3.34. The first kappa shape index (κ1) is 15.8. The van der Waals surface area contributed by atoms with E-state index >= 15 is 0 Å². The van der Waals surface area contributed by atoms with Crippen LogP contribution in [0.2, 0.25) is 0 Å². The number of rotatable bonds is 4. The number of nitrogens with two attached hydrogens (primary N) is 1. The molecule has 7 heteroatoms. The van der Waals surface area contributed by atoms with E-state index in [1.165, 1.54) is 0 Å². The number of benzene rings is 1. The number of oxime groups is 1. The highest BCUT2D eigenvalue weighted by Gasteiger charge is 2.09. The Morgan fingerprint density at radius 2 is 2.14 bits per heavy atom. The average Bonchev–Trinajstić information content (AvgIpc) is 2.46. The normalized spacial score (nSPS) is 11.5. The predicted molar refractivity (Wildman–Crippen MR) is 90.7 cm³/mol. The van der Waals surface area contributed by atoms with E-state index in [2.05, 4.69) is 42.0 Å². The van der Waals surface area contributed by atoms with E-state index < -0.39 is 0 Å². The highest BCUT2D eigenvalue weighted by molar-refractivity contribution is 9.11. The molecule has 0 bridgehead atoms. The Morgan fingerprint density at radius 1 is 1.38 bits per heavy atom. The van der Waals surface area contributed by atoms with Crippen molar-refractivity contribution in [1.29, 1.82) is 0 Å². The maximum absolute atomic E-state index is 8.73. The van der Waals surface area contributed by atoms with Crippen LogP contribution in [0, 0.1) is 0 Å². The van der Waals surface area contributed by atoms with E-state index in [0.717, 1.165) is 20.3 Å². The van der Waals surface area contributed by atoms with Crippen molar-refractivity contribution in [2.75, 3.05) is 11.9 Å². The summed E-state index contributed by atoms with van der Waals surface area (Å²) in [5.74, 6) is 0.940. The fourth-order valence-electron chi connectivity index (χ4n) is 1.92. The summed E-state index contributed by atoms with van der Waals surface area (Å²) in [5.41, 5.74) is 7.33. The third kappa shape index (κ3) is 3.95. The minimum absolute atomic E-state index is 0.0995. The molecule has 1 heterocycles. The van der Waals surface area contributed by atoms with Crippen molar-refractivity contribution in [3.05, 3.63) is 56.6 Å². The second kappa shape index (κ2) is 6.91. The van der Waals surface area contributed by atoms with E-state index in [4.69, 9.17) is 10.9 Å². The second-order valence-electron chi connectivity index (χ2n) is 4.50. The molecule has 0 fully saturated rings. The standard InChI is InChI=1S/C14H14Br2N4O/c1-20(14-12(16)6-11(15)7-18-14)8-9-3-2-4-10(5-9)13(17)19-21/h2-7,21H,8H2,1H3,(H2,17,19). The summed E-state index contributed by atoms with van der Waals surface area (Å²) in [6.45, 7) is 0.653.